The number of rotatable bonds is 7. The monoisotopic (exact) mass is 264 g/mol. The van der Waals surface area contributed by atoms with Gasteiger partial charge < -0.3 is 15.4 Å². The number of amides is 1. The van der Waals surface area contributed by atoms with E-state index in [0.29, 0.717) is 13.2 Å². The van der Waals surface area contributed by atoms with Crippen molar-refractivity contribution in [2.24, 2.45) is 0 Å². The van der Waals surface area contributed by atoms with E-state index in [-0.39, 0.29) is 18.0 Å². The zero-order valence-corrected chi connectivity index (χ0v) is 12.2. The van der Waals surface area contributed by atoms with Crippen molar-refractivity contribution in [3.63, 3.8) is 0 Å². The molecule has 0 aromatic heterocycles. The maximum Gasteiger partial charge on any atom is 0.234 e. The Morgan fingerprint density at radius 1 is 1.26 bits per heavy atom. The predicted octanol–water partition coefficient (Wildman–Crippen LogP) is 2.26. The molecule has 0 fully saturated rings. The summed E-state index contributed by atoms with van der Waals surface area (Å²) in [5.41, 5.74) is 1.07. The highest BCUT2D eigenvalue weighted by Crippen LogP contribution is 2.24. The Hall–Kier alpha value is -1.55. The van der Waals surface area contributed by atoms with Gasteiger partial charge >= 0.3 is 0 Å². The zero-order chi connectivity index (χ0) is 14.3. The summed E-state index contributed by atoms with van der Waals surface area (Å²) in [5, 5.41) is 6.07. The summed E-state index contributed by atoms with van der Waals surface area (Å²) >= 11 is 0. The smallest absolute Gasteiger partial charge is 0.234 e. The number of hydrogen-bond acceptors (Lipinski definition) is 3. The molecule has 0 radical (unpaired) electrons. The molecule has 0 aliphatic carbocycles. The topological polar surface area (TPSA) is 50.4 Å². The van der Waals surface area contributed by atoms with E-state index in [1.165, 1.54) is 0 Å². The standard InChI is InChI=1S/C15H24N2O2/c1-5-19-14-9-7-6-8-13(14)12(4)16-10-15(18)17-11(2)3/h6-9,11-12,16H,5,10H2,1-4H3,(H,17,18). The van der Waals surface area contributed by atoms with Crippen LogP contribution in [-0.4, -0.2) is 25.1 Å². The van der Waals surface area contributed by atoms with E-state index in [1.54, 1.807) is 0 Å². The van der Waals surface area contributed by atoms with Crippen molar-refractivity contribution in [2.45, 2.75) is 39.8 Å². The van der Waals surface area contributed by atoms with Crippen LogP contribution < -0.4 is 15.4 Å². The van der Waals surface area contributed by atoms with Crippen LogP contribution in [0, 0.1) is 0 Å². The van der Waals surface area contributed by atoms with Crippen LogP contribution in [-0.2, 0) is 4.79 Å². The highest BCUT2D eigenvalue weighted by molar-refractivity contribution is 5.78. The van der Waals surface area contributed by atoms with Crippen LogP contribution in [0.15, 0.2) is 24.3 Å². The third-order valence-corrected chi connectivity index (χ3v) is 2.70. The van der Waals surface area contributed by atoms with Crippen LogP contribution in [0.1, 0.15) is 39.3 Å². The largest absolute Gasteiger partial charge is 0.494 e. The molecule has 0 bridgehead atoms. The average Bonchev–Trinajstić information content (AvgIpc) is 2.36. The Morgan fingerprint density at radius 3 is 2.58 bits per heavy atom. The molecule has 4 nitrogen and oxygen atoms in total. The number of benzene rings is 1. The third kappa shape index (κ3) is 5.30. The summed E-state index contributed by atoms with van der Waals surface area (Å²) in [4.78, 5) is 11.6. The molecule has 106 valence electrons. The molecule has 0 spiro atoms. The lowest BCUT2D eigenvalue weighted by Crippen LogP contribution is -2.38. The number of ether oxygens (including phenoxy) is 1. The molecule has 0 aliphatic heterocycles. The molecule has 1 rings (SSSR count). The molecule has 1 aromatic rings. The predicted molar refractivity (Wildman–Crippen MR) is 77.3 cm³/mol. The van der Waals surface area contributed by atoms with Gasteiger partial charge in [-0.2, -0.15) is 0 Å². The molecular formula is C15H24N2O2. The van der Waals surface area contributed by atoms with Gasteiger partial charge in [-0.3, -0.25) is 4.79 Å². The summed E-state index contributed by atoms with van der Waals surface area (Å²) in [6.45, 7) is 8.83. The van der Waals surface area contributed by atoms with E-state index < -0.39 is 0 Å². The minimum Gasteiger partial charge on any atom is -0.494 e. The van der Waals surface area contributed by atoms with Crippen molar-refractivity contribution in [2.75, 3.05) is 13.2 Å². The van der Waals surface area contributed by atoms with Crippen molar-refractivity contribution in [1.29, 1.82) is 0 Å². The first-order valence-electron chi connectivity index (χ1n) is 6.79. The molecule has 19 heavy (non-hydrogen) atoms. The fraction of sp³-hybridized carbons (Fsp3) is 0.533. The summed E-state index contributed by atoms with van der Waals surface area (Å²) in [6.07, 6.45) is 0. The van der Waals surface area contributed by atoms with Crippen molar-refractivity contribution >= 4 is 5.91 Å². The number of carbonyl (C=O) groups is 1. The van der Waals surface area contributed by atoms with Crippen LogP contribution in [0.4, 0.5) is 0 Å². The first-order valence-corrected chi connectivity index (χ1v) is 6.79. The minimum absolute atomic E-state index is 0.00995. The van der Waals surface area contributed by atoms with Gasteiger partial charge in [0, 0.05) is 17.6 Å². The van der Waals surface area contributed by atoms with Crippen LogP contribution >= 0.6 is 0 Å². The first-order chi connectivity index (χ1) is 9.04. The van der Waals surface area contributed by atoms with E-state index in [4.69, 9.17) is 4.74 Å². The maximum atomic E-state index is 11.6. The summed E-state index contributed by atoms with van der Waals surface area (Å²) in [5.74, 6) is 0.880. The summed E-state index contributed by atoms with van der Waals surface area (Å²) in [6, 6.07) is 8.13. The third-order valence-electron chi connectivity index (χ3n) is 2.70. The normalized spacial score (nSPS) is 12.3. The molecule has 4 heteroatoms. The Balaban J connectivity index is 2.58. The molecule has 1 unspecified atom stereocenters. The highest BCUT2D eigenvalue weighted by Gasteiger charge is 2.12. The van der Waals surface area contributed by atoms with Gasteiger partial charge in [-0.05, 0) is 33.8 Å². The Labute approximate surface area is 115 Å². The number of carbonyl (C=O) groups excluding carboxylic acids is 1. The number of para-hydroxylation sites is 1. The van der Waals surface area contributed by atoms with E-state index in [9.17, 15) is 4.79 Å². The lowest BCUT2D eigenvalue weighted by atomic mass is 10.1. The molecular weight excluding hydrogens is 240 g/mol. The van der Waals surface area contributed by atoms with Crippen molar-refractivity contribution in [3.05, 3.63) is 29.8 Å². The molecule has 2 N–H and O–H groups in total. The Kier molecular flexibility index (Phi) is 6.36. The molecule has 1 atom stereocenters. The van der Waals surface area contributed by atoms with Gasteiger partial charge in [0.1, 0.15) is 5.75 Å². The number of nitrogens with one attached hydrogen (secondary N) is 2. The van der Waals surface area contributed by atoms with E-state index >= 15 is 0 Å². The van der Waals surface area contributed by atoms with Crippen molar-refractivity contribution in [3.8, 4) is 5.75 Å². The van der Waals surface area contributed by atoms with Gasteiger partial charge in [-0.25, -0.2) is 0 Å². The Morgan fingerprint density at radius 2 is 1.95 bits per heavy atom. The molecule has 1 amide bonds. The van der Waals surface area contributed by atoms with Gasteiger partial charge in [-0.1, -0.05) is 18.2 Å². The summed E-state index contributed by atoms with van der Waals surface area (Å²) < 4.78 is 5.59. The van der Waals surface area contributed by atoms with E-state index in [2.05, 4.69) is 10.6 Å². The SMILES string of the molecule is CCOc1ccccc1C(C)NCC(=O)NC(C)C. The quantitative estimate of drug-likeness (QED) is 0.794. The van der Waals surface area contributed by atoms with E-state index in [0.717, 1.165) is 11.3 Å². The second-order valence-electron chi connectivity index (χ2n) is 4.80. The van der Waals surface area contributed by atoms with Crippen LogP contribution in [0.3, 0.4) is 0 Å². The van der Waals surface area contributed by atoms with Gasteiger partial charge in [0.15, 0.2) is 0 Å². The average molecular weight is 264 g/mol. The molecule has 0 aliphatic rings. The van der Waals surface area contributed by atoms with Crippen LogP contribution in [0.2, 0.25) is 0 Å². The number of hydrogen-bond donors (Lipinski definition) is 2. The molecule has 1 aromatic carbocycles. The second-order valence-corrected chi connectivity index (χ2v) is 4.80. The van der Waals surface area contributed by atoms with Gasteiger partial charge in [0.25, 0.3) is 0 Å². The van der Waals surface area contributed by atoms with Crippen LogP contribution in [0.5, 0.6) is 5.75 Å². The minimum atomic E-state index is 0.00995. The molecule has 0 heterocycles. The zero-order valence-electron chi connectivity index (χ0n) is 12.2. The Bertz CT molecular complexity index is 405. The fourth-order valence-corrected chi connectivity index (χ4v) is 1.85. The van der Waals surface area contributed by atoms with Crippen LogP contribution in [0.25, 0.3) is 0 Å². The maximum absolute atomic E-state index is 11.6. The molecule has 0 saturated heterocycles. The van der Waals surface area contributed by atoms with E-state index in [1.807, 2.05) is 52.0 Å². The lowest BCUT2D eigenvalue weighted by molar-refractivity contribution is -0.120. The second kappa shape index (κ2) is 7.79. The van der Waals surface area contributed by atoms with Crippen molar-refractivity contribution < 1.29 is 9.53 Å². The fourth-order valence-electron chi connectivity index (χ4n) is 1.85. The summed E-state index contributed by atoms with van der Waals surface area (Å²) in [7, 11) is 0. The van der Waals surface area contributed by atoms with Gasteiger partial charge in [-0.15, -0.1) is 0 Å². The lowest BCUT2D eigenvalue weighted by Gasteiger charge is -2.18. The van der Waals surface area contributed by atoms with Crippen molar-refractivity contribution in [1.82, 2.24) is 10.6 Å². The highest BCUT2D eigenvalue weighted by atomic mass is 16.5. The molecule has 0 saturated carbocycles. The van der Waals surface area contributed by atoms with Gasteiger partial charge in [0.05, 0.1) is 13.2 Å². The first kappa shape index (κ1) is 15.5. The van der Waals surface area contributed by atoms with Gasteiger partial charge in [0.2, 0.25) is 5.91 Å².